The van der Waals surface area contributed by atoms with Crippen LogP contribution in [-0.2, 0) is 16.6 Å². The molecule has 0 atom stereocenters. The van der Waals surface area contributed by atoms with Gasteiger partial charge in [-0.2, -0.15) is 19.7 Å². The average molecular weight is 390 g/mol. The SMILES string of the molecule is CC1(C)C(=O)Nc2nc(-n3nc(CCC4CCCC4)c4ccccc43)nc(N)c21. The van der Waals surface area contributed by atoms with E-state index >= 15 is 0 Å². The van der Waals surface area contributed by atoms with Crippen molar-refractivity contribution >= 4 is 28.4 Å². The van der Waals surface area contributed by atoms with E-state index in [0.717, 1.165) is 28.9 Å². The highest BCUT2D eigenvalue weighted by Crippen LogP contribution is 2.39. The summed E-state index contributed by atoms with van der Waals surface area (Å²) in [7, 11) is 0. The number of amides is 1. The lowest BCUT2D eigenvalue weighted by Gasteiger charge is -2.16. The third-order valence-electron chi connectivity index (χ3n) is 6.47. The molecule has 7 heteroatoms. The van der Waals surface area contributed by atoms with Crippen LogP contribution < -0.4 is 11.1 Å². The Morgan fingerprint density at radius 3 is 2.76 bits per heavy atom. The molecule has 5 rings (SSSR count). The average Bonchev–Trinajstić information content (AvgIpc) is 3.38. The Labute approximate surface area is 169 Å². The van der Waals surface area contributed by atoms with Gasteiger partial charge in [0.05, 0.1) is 22.2 Å². The number of fused-ring (bicyclic) bond motifs is 2. The summed E-state index contributed by atoms with van der Waals surface area (Å²) >= 11 is 0. The van der Waals surface area contributed by atoms with Gasteiger partial charge in [0.2, 0.25) is 5.91 Å². The van der Waals surface area contributed by atoms with Gasteiger partial charge >= 0.3 is 0 Å². The molecule has 1 aliphatic carbocycles. The Balaban J connectivity index is 1.57. The minimum atomic E-state index is -0.740. The van der Waals surface area contributed by atoms with Gasteiger partial charge in [0, 0.05) is 5.39 Å². The number of para-hydroxylation sites is 1. The van der Waals surface area contributed by atoms with Crippen molar-refractivity contribution in [2.45, 2.75) is 57.8 Å². The maximum absolute atomic E-state index is 12.3. The van der Waals surface area contributed by atoms with Crippen molar-refractivity contribution < 1.29 is 4.79 Å². The fraction of sp³-hybridized carbons (Fsp3) is 0.455. The van der Waals surface area contributed by atoms with Gasteiger partial charge in [-0.25, -0.2) is 0 Å². The summed E-state index contributed by atoms with van der Waals surface area (Å²) in [6.45, 7) is 3.66. The fourth-order valence-corrected chi connectivity index (χ4v) is 4.75. The Hall–Kier alpha value is -2.96. The zero-order valence-electron chi connectivity index (χ0n) is 16.9. The number of anilines is 2. The summed E-state index contributed by atoms with van der Waals surface area (Å²) in [6.07, 6.45) is 7.48. The first kappa shape index (κ1) is 18.1. The molecular weight excluding hydrogens is 364 g/mol. The standard InChI is InChI=1S/C22H26N6O/c1-22(2)17-18(23)24-21(26-19(17)25-20(22)29)28-16-10-6-5-9-14(16)15(27-28)12-11-13-7-3-4-8-13/h5-6,9-10,13H,3-4,7-8,11-12H2,1-2H3,(H3,23,24,25,26,29). The highest BCUT2D eigenvalue weighted by molar-refractivity contribution is 6.06. The topological polar surface area (TPSA) is 98.7 Å². The van der Waals surface area contributed by atoms with Crippen LogP contribution >= 0.6 is 0 Å². The Morgan fingerprint density at radius 1 is 1.21 bits per heavy atom. The van der Waals surface area contributed by atoms with Crippen molar-refractivity contribution in [2.75, 3.05) is 11.1 Å². The van der Waals surface area contributed by atoms with Crippen molar-refractivity contribution in [1.29, 1.82) is 0 Å². The fourth-order valence-electron chi connectivity index (χ4n) is 4.75. The molecule has 0 radical (unpaired) electrons. The van der Waals surface area contributed by atoms with Crippen molar-refractivity contribution in [3.63, 3.8) is 0 Å². The smallest absolute Gasteiger partial charge is 0.255 e. The lowest BCUT2D eigenvalue weighted by molar-refractivity contribution is -0.119. The van der Waals surface area contributed by atoms with Gasteiger partial charge in [-0.15, -0.1) is 0 Å². The van der Waals surface area contributed by atoms with Crippen LogP contribution in [0.1, 0.15) is 57.2 Å². The molecule has 1 aliphatic heterocycles. The van der Waals surface area contributed by atoms with E-state index in [1.54, 1.807) is 4.68 Å². The lowest BCUT2D eigenvalue weighted by Crippen LogP contribution is -2.27. The van der Waals surface area contributed by atoms with Crippen molar-refractivity contribution in [2.24, 2.45) is 5.92 Å². The Kier molecular flexibility index (Phi) is 4.08. The van der Waals surface area contributed by atoms with Gasteiger partial charge < -0.3 is 11.1 Å². The first-order chi connectivity index (χ1) is 13.9. The summed E-state index contributed by atoms with van der Waals surface area (Å²) in [5, 5.41) is 8.83. The van der Waals surface area contributed by atoms with E-state index < -0.39 is 5.41 Å². The molecule has 0 saturated heterocycles. The minimum absolute atomic E-state index is 0.117. The van der Waals surface area contributed by atoms with Crippen molar-refractivity contribution in [3.05, 3.63) is 35.5 Å². The number of nitrogens with zero attached hydrogens (tertiary/aromatic N) is 4. The minimum Gasteiger partial charge on any atom is -0.383 e. The zero-order valence-corrected chi connectivity index (χ0v) is 16.9. The summed E-state index contributed by atoms with van der Waals surface area (Å²) in [4.78, 5) is 21.5. The van der Waals surface area contributed by atoms with E-state index in [4.69, 9.17) is 10.8 Å². The maximum Gasteiger partial charge on any atom is 0.255 e. The van der Waals surface area contributed by atoms with Crippen LogP contribution in [0.2, 0.25) is 0 Å². The molecule has 1 amide bonds. The molecule has 3 aromatic rings. The molecule has 3 N–H and O–H groups in total. The van der Waals surface area contributed by atoms with Crippen LogP contribution in [0.3, 0.4) is 0 Å². The molecule has 0 unspecified atom stereocenters. The zero-order chi connectivity index (χ0) is 20.2. The van der Waals surface area contributed by atoms with Gasteiger partial charge in [0.25, 0.3) is 5.95 Å². The molecule has 2 aliphatic rings. The number of nitrogens with two attached hydrogens (primary N) is 1. The summed E-state index contributed by atoms with van der Waals surface area (Å²) < 4.78 is 1.76. The molecular formula is C22H26N6O. The molecule has 0 bridgehead atoms. The molecule has 150 valence electrons. The van der Waals surface area contributed by atoms with E-state index in [2.05, 4.69) is 21.4 Å². The van der Waals surface area contributed by atoms with E-state index in [-0.39, 0.29) is 5.91 Å². The number of hydrogen-bond donors (Lipinski definition) is 2. The van der Waals surface area contributed by atoms with Gasteiger partial charge in [0.1, 0.15) is 11.6 Å². The highest BCUT2D eigenvalue weighted by Gasteiger charge is 2.42. The number of nitrogens with one attached hydrogen (secondary N) is 1. The largest absolute Gasteiger partial charge is 0.383 e. The number of rotatable bonds is 4. The van der Waals surface area contributed by atoms with Crippen LogP contribution in [0.4, 0.5) is 11.6 Å². The summed E-state index contributed by atoms with van der Waals surface area (Å²) in [6, 6.07) is 8.15. The number of carbonyl (C=O) groups is 1. The normalized spacial score (nSPS) is 18.3. The van der Waals surface area contributed by atoms with Crippen LogP contribution in [-0.4, -0.2) is 25.7 Å². The second-order valence-electron chi connectivity index (χ2n) is 8.78. The first-order valence-corrected chi connectivity index (χ1v) is 10.4. The summed E-state index contributed by atoms with van der Waals surface area (Å²) in [5.41, 5.74) is 8.20. The van der Waals surface area contributed by atoms with Gasteiger partial charge in [-0.3, -0.25) is 4.79 Å². The predicted octanol–water partition coefficient (Wildman–Crippen LogP) is 3.75. The van der Waals surface area contributed by atoms with Gasteiger partial charge in [-0.1, -0.05) is 43.9 Å². The van der Waals surface area contributed by atoms with E-state index in [9.17, 15) is 4.79 Å². The van der Waals surface area contributed by atoms with Gasteiger partial charge in [-0.05, 0) is 38.7 Å². The molecule has 0 spiro atoms. The monoisotopic (exact) mass is 390 g/mol. The van der Waals surface area contributed by atoms with Crippen LogP contribution in [0.15, 0.2) is 24.3 Å². The molecule has 29 heavy (non-hydrogen) atoms. The second kappa shape index (κ2) is 6.54. The van der Waals surface area contributed by atoms with Crippen molar-refractivity contribution in [3.8, 4) is 5.95 Å². The summed E-state index contributed by atoms with van der Waals surface area (Å²) in [5.74, 6) is 1.88. The van der Waals surface area contributed by atoms with Gasteiger partial charge in [0.15, 0.2) is 0 Å². The number of carbonyl (C=O) groups excluding carboxylic acids is 1. The van der Waals surface area contributed by atoms with E-state index in [0.29, 0.717) is 23.1 Å². The molecule has 3 heterocycles. The number of hydrogen-bond acceptors (Lipinski definition) is 5. The molecule has 1 fully saturated rings. The van der Waals surface area contributed by atoms with E-state index in [1.807, 2.05) is 32.0 Å². The molecule has 1 aromatic carbocycles. The Bertz CT molecular complexity index is 1110. The quantitative estimate of drug-likeness (QED) is 0.707. The second-order valence-corrected chi connectivity index (χ2v) is 8.78. The molecule has 7 nitrogen and oxygen atoms in total. The van der Waals surface area contributed by atoms with Crippen LogP contribution in [0.25, 0.3) is 16.9 Å². The third-order valence-corrected chi connectivity index (χ3v) is 6.47. The maximum atomic E-state index is 12.3. The molecule has 1 saturated carbocycles. The highest BCUT2D eigenvalue weighted by atomic mass is 16.2. The number of nitrogen functional groups attached to an aromatic ring is 1. The van der Waals surface area contributed by atoms with E-state index in [1.165, 1.54) is 32.1 Å². The predicted molar refractivity (Wildman–Crippen MR) is 113 cm³/mol. The Morgan fingerprint density at radius 2 is 1.97 bits per heavy atom. The van der Waals surface area contributed by atoms with Crippen LogP contribution in [0, 0.1) is 5.92 Å². The molecule has 2 aromatic heterocycles. The lowest BCUT2D eigenvalue weighted by atomic mass is 9.87. The first-order valence-electron chi connectivity index (χ1n) is 10.4. The van der Waals surface area contributed by atoms with Crippen LogP contribution in [0.5, 0.6) is 0 Å². The third kappa shape index (κ3) is 2.87. The number of aryl methyl sites for hydroxylation is 1. The van der Waals surface area contributed by atoms with Crippen molar-refractivity contribution in [1.82, 2.24) is 19.7 Å². The number of benzene rings is 1. The number of aromatic nitrogens is 4.